The van der Waals surface area contributed by atoms with Crippen LogP contribution >= 0.6 is 0 Å². The zero-order valence-electron chi connectivity index (χ0n) is 11.5. The van der Waals surface area contributed by atoms with Crippen molar-refractivity contribution < 1.29 is 15.0 Å². The Morgan fingerprint density at radius 1 is 1.22 bits per heavy atom. The van der Waals surface area contributed by atoms with Crippen LogP contribution in [-0.2, 0) is 0 Å². The van der Waals surface area contributed by atoms with E-state index in [4.69, 9.17) is 0 Å². The minimum atomic E-state index is -0.979. The van der Waals surface area contributed by atoms with Gasteiger partial charge in [0.25, 0.3) is 0 Å². The van der Waals surface area contributed by atoms with Crippen molar-refractivity contribution in [3.63, 3.8) is 0 Å². The van der Waals surface area contributed by atoms with Crippen molar-refractivity contribution in [1.29, 1.82) is 0 Å². The van der Waals surface area contributed by atoms with Gasteiger partial charge in [-0.1, -0.05) is 11.6 Å². The first-order chi connectivity index (χ1) is 8.04. The number of carbonyl (C=O) groups is 1. The van der Waals surface area contributed by atoms with Crippen molar-refractivity contribution in [2.75, 3.05) is 5.32 Å². The Bertz CT molecular complexity index is 459. The lowest BCUT2D eigenvalue weighted by Crippen LogP contribution is -2.51. The Kier molecular flexibility index (Phi) is 3.72. The second-order valence-corrected chi connectivity index (χ2v) is 5.66. The lowest BCUT2D eigenvalue weighted by Gasteiger charge is -2.39. The average molecular weight is 251 g/mol. The van der Waals surface area contributed by atoms with Crippen LogP contribution in [-0.4, -0.2) is 27.3 Å². The number of carboxylic acid groups (broad SMARTS) is 1. The highest BCUT2D eigenvalue weighted by atomic mass is 16.4. The predicted octanol–water partition coefficient (Wildman–Crippen LogP) is 2.65. The molecule has 0 fully saturated rings. The summed E-state index contributed by atoms with van der Waals surface area (Å²) < 4.78 is 0. The molecule has 1 aromatic carbocycles. The first-order valence-corrected chi connectivity index (χ1v) is 5.89. The number of aliphatic hydroxyl groups is 1. The van der Waals surface area contributed by atoms with Gasteiger partial charge in [0.15, 0.2) is 0 Å². The normalized spacial score (nSPS) is 12.3. The van der Waals surface area contributed by atoms with Gasteiger partial charge in [-0.25, -0.2) is 4.79 Å². The van der Waals surface area contributed by atoms with Crippen LogP contribution in [0.4, 0.5) is 5.69 Å². The van der Waals surface area contributed by atoms with Crippen LogP contribution in [0.25, 0.3) is 0 Å². The number of nitrogens with one attached hydrogen (secondary N) is 1. The summed E-state index contributed by atoms with van der Waals surface area (Å²) in [5, 5.41) is 22.4. The van der Waals surface area contributed by atoms with E-state index in [-0.39, 0.29) is 5.56 Å². The summed E-state index contributed by atoms with van der Waals surface area (Å²) in [4.78, 5) is 11.2. The summed E-state index contributed by atoms with van der Waals surface area (Å²) in [6.45, 7) is 8.89. The fraction of sp³-hybridized carbons (Fsp3) is 0.500. The van der Waals surface area contributed by atoms with Gasteiger partial charge in [-0.2, -0.15) is 0 Å². The molecule has 0 aliphatic heterocycles. The summed E-state index contributed by atoms with van der Waals surface area (Å²) in [5.41, 5.74) is -0.00769. The highest BCUT2D eigenvalue weighted by Gasteiger charge is 2.35. The minimum absolute atomic E-state index is 0.215. The highest BCUT2D eigenvalue weighted by Crippen LogP contribution is 2.28. The minimum Gasteiger partial charge on any atom is -0.478 e. The fourth-order valence-corrected chi connectivity index (χ4v) is 1.43. The summed E-state index contributed by atoms with van der Waals surface area (Å²) in [7, 11) is 0. The van der Waals surface area contributed by atoms with Gasteiger partial charge in [0.1, 0.15) is 0 Å². The van der Waals surface area contributed by atoms with Crippen LogP contribution in [0, 0.1) is 6.92 Å². The third kappa shape index (κ3) is 3.01. The van der Waals surface area contributed by atoms with E-state index in [1.54, 1.807) is 26.0 Å². The van der Waals surface area contributed by atoms with Gasteiger partial charge in [0.2, 0.25) is 0 Å². The topological polar surface area (TPSA) is 69.6 Å². The van der Waals surface area contributed by atoms with Crippen molar-refractivity contribution in [3.8, 4) is 0 Å². The number of aromatic carboxylic acids is 1. The Labute approximate surface area is 108 Å². The molecule has 0 aromatic heterocycles. The Balaban J connectivity index is 3.16. The summed E-state index contributed by atoms with van der Waals surface area (Å²) in [5.74, 6) is -0.979. The second-order valence-electron chi connectivity index (χ2n) is 5.66. The lowest BCUT2D eigenvalue weighted by molar-refractivity contribution is 0.0239. The number of carboxylic acids is 1. The van der Waals surface area contributed by atoms with Gasteiger partial charge in [0, 0.05) is 5.69 Å². The lowest BCUT2D eigenvalue weighted by atomic mass is 9.85. The van der Waals surface area contributed by atoms with Gasteiger partial charge in [0.05, 0.1) is 16.7 Å². The van der Waals surface area contributed by atoms with Crippen molar-refractivity contribution in [2.45, 2.75) is 45.8 Å². The predicted molar refractivity (Wildman–Crippen MR) is 72.1 cm³/mol. The Morgan fingerprint density at radius 2 is 1.78 bits per heavy atom. The van der Waals surface area contributed by atoms with Gasteiger partial charge in [-0.3, -0.25) is 0 Å². The van der Waals surface area contributed by atoms with Gasteiger partial charge >= 0.3 is 5.97 Å². The monoisotopic (exact) mass is 251 g/mol. The molecule has 4 heteroatoms. The summed E-state index contributed by atoms with van der Waals surface area (Å²) in [6.07, 6.45) is 0. The molecule has 0 saturated heterocycles. The molecule has 18 heavy (non-hydrogen) atoms. The molecular weight excluding hydrogens is 230 g/mol. The van der Waals surface area contributed by atoms with E-state index >= 15 is 0 Å². The smallest absolute Gasteiger partial charge is 0.337 e. The third-order valence-electron chi connectivity index (χ3n) is 3.38. The van der Waals surface area contributed by atoms with Gasteiger partial charge in [-0.05, 0) is 46.8 Å². The maximum absolute atomic E-state index is 11.2. The number of anilines is 1. The van der Waals surface area contributed by atoms with Crippen molar-refractivity contribution in [3.05, 3.63) is 29.3 Å². The van der Waals surface area contributed by atoms with Crippen LogP contribution in [0.2, 0.25) is 0 Å². The third-order valence-corrected chi connectivity index (χ3v) is 3.38. The molecule has 0 aliphatic rings. The molecule has 1 rings (SSSR count). The molecule has 3 N–H and O–H groups in total. The van der Waals surface area contributed by atoms with Crippen molar-refractivity contribution in [2.24, 2.45) is 0 Å². The van der Waals surface area contributed by atoms with Crippen LogP contribution in [0.1, 0.15) is 43.6 Å². The Hall–Kier alpha value is -1.55. The largest absolute Gasteiger partial charge is 0.478 e. The number of hydrogen-bond acceptors (Lipinski definition) is 3. The molecular formula is C14H21NO3. The molecule has 0 amide bonds. The van der Waals surface area contributed by atoms with Gasteiger partial charge in [-0.15, -0.1) is 0 Å². The van der Waals surface area contributed by atoms with E-state index in [0.29, 0.717) is 5.69 Å². The molecule has 0 heterocycles. The van der Waals surface area contributed by atoms with Crippen molar-refractivity contribution >= 4 is 11.7 Å². The quantitative estimate of drug-likeness (QED) is 0.769. The Morgan fingerprint density at radius 3 is 2.22 bits per heavy atom. The molecule has 0 saturated carbocycles. The highest BCUT2D eigenvalue weighted by molar-refractivity contribution is 5.94. The van der Waals surface area contributed by atoms with Crippen LogP contribution < -0.4 is 5.32 Å². The van der Waals surface area contributed by atoms with E-state index < -0.39 is 17.1 Å². The maximum Gasteiger partial charge on any atom is 0.337 e. The first kappa shape index (κ1) is 14.5. The van der Waals surface area contributed by atoms with E-state index in [0.717, 1.165) is 5.56 Å². The number of aryl methyl sites for hydroxylation is 1. The van der Waals surface area contributed by atoms with Crippen molar-refractivity contribution in [1.82, 2.24) is 0 Å². The molecule has 0 unspecified atom stereocenters. The molecule has 4 nitrogen and oxygen atoms in total. The summed E-state index contributed by atoms with van der Waals surface area (Å²) in [6, 6.07) is 5.19. The maximum atomic E-state index is 11.2. The zero-order chi connectivity index (χ0) is 14.1. The van der Waals surface area contributed by atoms with E-state index in [2.05, 4.69) is 5.32 Å². The van der Waals surface area contributed by atoms with Gasteiger partial charge < -0.3 is 15.5 Å². The second kappa shape index (κ2) is 4.61. The molecule has 1 aromatic rings. The van der Waals surface area contributed by atoms with Crippen LogP contribution in [0.3, 0.4) is 0 Å². The number of benzene rings is 1. The molecule has 0 aliphatic carbocycles. The molecule has 100 valence electrons. The fourth-order valence-electron chi connectivity index (χ4n) is 1.43. The number of rotatable bonds is 4. The standard InChI is InChI=1S/C14H21NO3/c1-9-6-7-11(10(8-9)12(16)17)15-13(2,3)14(4,5)18/h6-8,15,18H,1-5H3,(H,16,17). The average Bonchev–Trinajstić information content (AvgIpc) is 2.18. The molecule has 0 spiro atoms. The van der Waals surface area contributed by atoms with Crippen LogP contribution in [0.5, 0.6) is 0 Å². The first-order valence-electron chi connectivity index (χ1n) is 5.89. The SMILES string of the molecule is Cc1ccc(NC(C)(C)C(C)(C)O)c(C(=O)O)c1. The van der Waals surface area contributed by atoms with E-state index in [1.807, 2.05) is 26.8 Å². The molecule has 0 bridgehead atoms. The van der Waals surface area contributed by atoms with Crippen LogP contribution in [0.15, 0.2) is 18.2 Å². The van der Waals surface area contributed by atoms with E-state index in [9.17, 15) is 15.0 Å². The summed E-state index contributed by atoms with van der Waals surface area (Å²) >= 11 is 0. The molecule has 0 radical (unpaired) electrons. The number of hydrogen-bond donors (Lipinski definition) is 3. The zero-order valence-corrected chi connectivity index (χ0v) is 11.5. The molecule has 0 atom stereocenters. The van der Waals surface area contributed by atoms with E-state index in [1.165, 1.54) is 0 Å².